The van der Waals surface area contributed by atoms with Crippen LogP contribution >= 0.6 is 0 Å². The van der Waals surface area contributed by atoms with Gasteiger partial charge in [0.1, 0.15) is 0 Å². The lowest BCUT2D eigenvalue weighted by Gasteiger charge is -2.37. The maximum atomic E-state index is 13.1. The third kappa shape index (κ3) is 21.5. The standard InChI is InChI=1S/2C23H24.C20H19NO2.2C19H22.9C2H6.5CH4O/c1-2-7-20-14(4-1)5-3-6-15(20)10-18-12-19-13-21(18)23-17-9-8-16(11-17)22(19)23;1-2-4-16-9-14(5-6-15(16)3-1)10-19-12-20-13-21(19)23-18-8-7-17(11-18)22(20)23;22-19-17-13-9-14(16-11-7-6-10(8-11)15(13)16)18(17)20(23)21(19)12-4-2-1-3-5-12;2*1-2-4-12(5-3-1)8-15-10-16-11-17(15)19-14-7-6-13(9-14)18(16)19;14*1-2/h1-9,16-19,21-23H,10-13H2;1-9,17-23H,10-13H2;1-7,10-11,13-18H,8-9H2;2*1-7,13-19H,8-11H2;9*1-2H3;5*2H,1H3. The van der Waals surface area contributed by atoms with Crippen LogP contribution < -0.4 is 4.90 Å². The van der Waals surface area contributed by atoms with Crippen molar-refractivity contribution in [3.8, 4) is 0 Å². The number of carbonyl (C=O) groups excluding carboxylic acids is 2. The first-order valence-corrected chi connectivity index (χ1v) is 55.4. The number of anilines is 1. The number of nitrogens with zero attached hydrogens (tertiary/aromatic N) is 1. The number of rotatable bonds is 9. The normalized spacial score (nSPS) is 37.2. The van der Waals surface area contributed by atoms with Gasteiger partial charge in [0.15, 0.2) is 0 Å². The van der Waals surface area contributed by atoms with Gasteiger partial charge in [-0.1, -0.05) is 349 Å². The molecule has 16 fully saturated rings. The van der Waals surface area contributed by atoms with Crippen LogP contribution in [0, 0.1) is 213 Å². The first-order chi connectivity index (χ1) is 66.8. The van der Waals surface area contributed by atoms with Gasteiger partial charge in [0, 0.05) is 35.5 Å². The summed E-state index contributed by atoms with van der Waals surface area (Å²) in [5, 5.41) is 40.7. The van der Waals surface area contributed by atoms with Gasteiger partial charge in [0.25, 0.3) is 0 Å². The molecule has 0 aromatic heterocycles. The SMILES string of the molecule is C1=CC2CC1C1C3CC(Cc4ccc5ccccc5c4)C(C3)C21.C1=CC2CC1C1C3CC(Cc4cccc5ccccc45)C(C3)C21.C1=CC2CC1C1C3CC(Cc4ccccc4)C(C3)C21.C1=CC2CC1C1C3CC(Cc4ccccc4)C(C3)C21.CC.CC.CC.CC.CC.CC.CC.CC.CC.CO.CO.CO.CO.CO.O=C1C2C3CC(C2C(=O)N1c1ccccc1)C1C2C=CC(C2)C31. The van der Waals surface area contributed by atoms with Crippen molar-refractivity contribution >= 4 is 39.0 Å². The number of benzene rings is 7. The number of hydrogen-bond donors (Lipinski definition) is 5. The largest absolute Gasteiger partial charge is 0.400 e. The summed E-state index contributed by atoms with van der Waals surface area (Å²) in [7, 11) is 5.00. The van der Waals surface area contributed by atoms with E-state index < -0.39 is 0 Å². The van der Waals surface area contributed by atoms with Crippen molar-refractivity contribution in [2.24, 2.45) is 213 Å². The molecule has 15 saturated carbocycles. The van der Waals surface area contributed by atoms with Gasteiger partial charge in [0.05, 0.1) is 17.5 Å². The Morgan fingerprint density at radius 3 is 0.837 bits per heavy atom. The van der Waals surface area contributed by atoms with Crippen LogP contribution in [0.2, 0.25) is 0 Å². The van der Waals surface area contributed by atoms with Crippen LogP contribution in [-0.2, 0) is 35.3 Å². The molecule has 28 rings (SSSR count). The Morgan fingerprint density at radius 1 is 0.230 bits per heavy atom. The van der Waals surface area contributed by atoms with Crippen LogP contribution in [0.15, 0.2) is 237 Å². The Kier molecular flexibility index (Phi) is 43.4. The molecule has 2 amide bonds. The molecule has 21 aliphatic rings. The number of imide groups is 1. The molecule has 740 valence electrons. The minimum Gasteiger partial charge on any atom is -0.400 e. The fraction of sp³-hybridized carbons (Fsp3) is 0.606. The Bertz CT molecular complexity index is 4650. The smallest absolute Gasteiger partial charge is 0.237 e. The zero-order valence-electron chi connectivity index (χ0n) is 88.0. The van der Waals surface area contributed by atoms with Crippen molar-refractivity contribution in [3.05, 3.63) is 259 Å². The average molecular weight is 1840 g/mol. The first-order valence-electron chi connectivity index (χ1n) is 55.4. The monoisotopic (exact) mass is 1840 g/mol. The predicted octanol–water partition coefficient (Wildman–Crippen LogP) is 29.8. The van der Waals surface area contributed by atoms with E-state index in [1.165, 1.54) is 110 Å². The minimum atomic E-state index is -0.0401. The number of aliphatic hydroxyl groups excluding tert-OH is 5. The summed E-state index contributed by atoms with van der Waals surface area (Å²) in [5.74, 6) is 32.1. The molecule has 1 saturated heterocycles. The van der Waals surface area contributed by atoms with E-state index in [1.54, 1.807) is 47.9 Å². The summed E-state index contributed by atoms with van der Waals surface area (Å²) in [6, 6.07) is 63.6. The van der Waals surface area contributed by atoms with Crippen molar-refractivity contribution < 1.29 is 35.1 Å². The van der Waals surface area contributed by atoms with Gasteiger partial charge in [-0.15, -0.1) is 0 Å². The second-order valence-electron chi connectivity index (χ2n) is 40.2. The topological polar surface area (TPSA) is 139 Å². The molecular formula is C127H185NO7. The molecule has 7 aromatic carbocycles. The van der Waals surface area contributed by atoms with Gasteiger partial charge in [-0.25, -0.2) is 0 Å². The lowest BCUT2D eigenvalue weighted by Crippen LogP contribution is -2.38. The van der Waals surface area contributed by atoms with Crippen molar-refractivity contribution in [2.45, 2.75) is 240 Å². The highest BCUT2D eigenvalue weighted by molar-refractivity contribution is 6.22. The lowest BCUT2D eigenvalue weighted by molar-refractivity contribution is -0.123. The highest BCUT2D eigenvalue weighted by atomic mass is 16.2. The number of fused-ring (bicyclic) bond motifs is 50. The predicted molar refractivity (Wildman–Crippen MR) is 573 cm³/mol. The van der Waals surface area contributed by atoms with Crippen LogP contribution in [0.25, 0.3) is 21.5 Å². The van der Waals surface area contributed by atoms with Gasteiger partial charge in [-0.3, -0.25) is 14.5 Å². The summed E-state index contributed by atoms with van der Waals surface area (Å²) >= 11 is 0. The molecule has 7 aromatic rings. The van der Waals surface area contributed by atoms with E-state index in [-0.39, 0.29) is 23.7 Å². The molecular weight excluding hydrogens is 1650 g/mol. The summed E-state index contributed by atoms with van der Waals surface area (Å²) in [6.07, 6.45) is 51.2. The van der Waals surface area contributed by atoms with Crippen molar-refractivity contribution in [1.29, 1.82) is 0 Å². The fourth-order valence-electron chi connectivity index (χ4n) is 33.8. The fourth-order valence-corrected chi connectivity index (χ4v) is 33.8. The van der Waals surface area contributed by atoms with Crippen LogP contribution in [0.3, 0.4) is 0 Å². The van der Waals surface area contributed by atoms with Crippen LogP contribution in [0.1, 0.15) is 237 Å². The van der Waals surface area contributed by atoms with Gasteiger partial charge >= 0.3 is 0 Å². The number of hydrogen-bond acceptors (Lipinski definition) is 7. The zero-order chi connectivity index (χ0) is 98.0. The second kappa shape index (κ2) is 53.4. The molecule has 5 N–H and O–H groups in total. The number of allylic oxidation sites excluding steroid dienone is 10. The molecule has 0 radical (unpaired) electrons. The van der Waals surface area contributed by atoms with Crippen LogP contribution in [0.4, 0.5) is 5.69 Å². The third-order valence-corrected chi connectivity index (χ3v) is 36.4. The Morgan fingerprint density at radius 2 is 0.496 bits per heavy atom. The Labute approximate surface area is 821 Å². The zero-order valence-corrected chi connectivity index (χ0v) is 88.0. The summed E-state index contributed by atoms with van der Waals surface area (Å²) in [6.45, 7) is 36.0. The highest BCUT2D eigenvalue weighted by Gasteiger charge is 2.72. The number of para-hydroxylation sites is 1. The molecule has 1 aliphatic heterocycles. The van der Waals surface area contributed by atoms with E-state index in [1.807, 2.05) is 155 Å². The Balaban J connectivity index is 0.000000164. The van der Waals surface area contributed by atoms with Gasteiger partial charge < -0.3 is 25.5 Å². The van der Waals surface area contributed by atoms with Crippen molar-refractivity contribution in [1.82, 2.24) is 0 Å². The third-order valence-electron chi connectivity index (χ3n) is 36.4. The van der Waals surface area contributed by atoms with Crippen LogP contribution in [-0.4, -0.2) is 72.9 Å². The van der Waals surface area contributed by atoms with E-state index in [2.05, 4.69) is 206 Å². The van der Waals surface area contributed by atoms with E-state index in [0.717, 1.165) is 213 Å². The number of aliphatic hydroxyl groups is 5. The maximum Gasteiger partial charge on any atom is 0.237 e. The lowest BCUT2D eigenvalue weighted by atomic mass is 9.65. The van der Waals surface area contributed by atoms with E-state index in [0.29, 0.717) is 35.5 Å². The molecule has 8 nitrogen and oxygen atoms in total. The van der Waals surface area contributed by atoms with Crippen molar-refractivity contribution in [2.75, 3.05) is 40.4 Å². The van der Waals surface area contributed by atoms with Crippen molar-refractivity contribution in [3.63, 3.8) is 0 Å². The highest BCUT2D eigenvalue weighted by Crippen LogP contribution is 2.74. The molecule has 36 atom stereocenters. The van der Waals surface area contributed by atoms with Gasteiger partial charge in [-0.2, -0.15) is 0 Å². The molecule has 8 heteroatoms. The minimum absolute atomic E-state index is 0.0401. The molecule has 20 aliphatic carbocycles. The molecule has 0 spiro atoms. The quantitative estimate of drug-likeness (QED) is 0.0551. The average Bonchev–Trinajstić information content (AvgIpc) is 1.51. The summed E-state index contributed by atoms with van der Waals surface area (Å²) in [5.41, 5.74) is 7.04. The van der Waals surface area contributed by atoms with E-state index >= 15 is 0 Å². The molecule has 36 unspecified atom stereocenters. The van der Waals surface area contributed by atoms with Gasteiger partial charge in [-0.05, 0) is 373 Å². The summed E-state index contributed by atoms with van der Waals surface area (Å²) in [4.78, 5) is 27.6. The molecule has 20 bridgehead atoms. The maximum absolute atomic E-state index is 13.1. The second-order valence-corrected chi connectivity index (χ2v) is 40.2. The molecule has 1 heterocycles. The van der Waals surface area contributed by atoms with Gasteiger partial charge in [0.2, 0.25) is 11.8 Å². The summed E-state index contributed by atoms with van der Waals surface area (Å²) < 4.78 is 0. The number of amides is 2. The first kappa shape index (κ1) is 110. The molecule has 135 heavy (non-hydrogen) atoms. The Hall–Kier alpha value is -7.30. The van der Waals surface area contributed by atoms with E-state index in [4.69, 9.17) is 25.5 Å². The van der Waals surface area contributed by atoms with E-state index in [9.17, 15) is 9.59 Å². The number of carbonyl (C=O) groups is 2. The van der Waals surface area contributed by atoms with Crippen LogP contribution in [0.5, 0.6) is 0 Å².